The molecule has 6 heterocycles. The average Bonchev–Trinajstić information content (AvgIpc) is 3.30. The molecule has 0 saturated carbocycles. The summed E-state index contributed by atoms with van der Waals surface area (Å²) in [6.07, 6.45) is -8.13. The number of rotatable bonds is 4. The van der Waals surface area contributed by atoms with Crippen LogP contribution in [0.2, 0.25) is 0 Å². The predicted octanol–water partition coefficient (Wildman–Crippen LogP) is 5.57. The third kappa shape index (κ3) is 5.82. The molecule has 3 aliphatic heterocycles. The zero-order valence-corrected chi connectivity index (χ0v) is 27.9. The van der Waals surface area contributed by atoms with Gasteiger partial charge in [0.1, 0.15) is 5.82 Å². The molecule has 3 aromatic heterocycles. The first-order valence-electron chi connectivity index (χ1n) is 15.4. The fourth-order valence-corrected chi connectivity index (χ4v) is 9.99. The second kappa shape index (κ2) is 11.6. The number of alkyl halides is 6. The van der Waals surface area contributed by atoms with Gasteiger partial charge in [0.05, 0.1) is 27.8 Å². The van der Waals surface area contributed by atoms with Gasteiger partial charge in [0, 0.05) is 88.8 Å². The fourth-order valence-electron chi connectivity index (χ4n) is 7.64. The molecule has 2 saturated heterocycles. The van der Waals surface area contributed by atoms with E-state index in [9.17, 15) is 27.6 Å². The van der Waals surface area contributed by atoms with Crippen LogP contribution in [0.15, 0.2) is 50.7 Å². The third-order valence-electron chi connectivity index (χ3n) is 9.41. The maximum absolute atomic E-state index is 15.2. The van der Waals surface area contributed by atoms with E-state index in [1.54, 1.807) is 23.6 Å². The first kappa shape index (κ1) is 33.7. The molecule has 0 bridgehead atoms. The van der Waals surface area contributed by atoms with Crippen LogP contribution < -0.4 is 16.1 Å². The van der Waals surface area contributed by atoms with Crippen molar-refractivity contribution in [3.63, 3.8) is 0 Å². The van der Waals surface area contributed by atoms with Gasteiger partial charge in [0.25, 0.3) is 0 Å². The Morgan fingerprint density at radius 2 is 1.80 bits per heavy atom. The highest BCUT2D eigenvalue weighted by Crippen LogP contribution is 2.52. The van der Waals surface area contributed by atoms with E-state index in [0.29, 0.717) is 4.70 Å². The fraction of sp³-hybridized carbons (Fsp3) is 0.438. The highest BCUT2D eigenvalue weighted by atomic mass is 32.2. The number of nitrogens with one attached hydrogen (secondary N) is 1. The Bertz CT molecular complexity index is 2120. The van der Waals surface area contributed by atoms with Crippen molar-refractivity contribution in [1.29, 1.82) is 0 Å². The number of carbonyl (C=O) groups is 1. The van der Waals surface area contributed by atoms with Crippen molar-refractivity contribution in [3.05, 3.63) is 62.6 Å². The minimum atomic E-state index is -4.89. The van der Waals surface area contributed by atoms with Crippen LogP contribution >= 0.6 is 23.1 Å². The number of thiophene rings is 1. The van der Waals surface area contributed by atoms with E-state index >= 15 is 13.2 Å². The largest absolute Gasteiger partial charge is 0.417 e. The van der Waals surface area contributed by atoms with Gasteiger partial charge in [-0.25, -0.2) is 4.79 Å². The van der Waals surface area contributed by atoms with E-state index in [2.05, 4.69) is 16.5 Å². The van der Waals surface area contributed by atoms with Crippen molar-refractivity contribution in [2.75, 3.05) is 43.4 Å². The van der Waals surface area contributed by atoms with Crippen molar-refractivity contribution >= 4 is 55.9 Å². The van der Waals surface area contributed by atoms with Gasteiger partial charge in [-0.15, -0.1) is 23.1 Å². The first-order chi connectivity index (χ1) is 23.0. The summed E-state index contributed by atoms with van der Waals surface area (Å²) < 4.78 is 87.3. The number of H-pyrrole nitrogens is 1. The number of thioether (sulfide) groups is 1. The Kier molecular flexibility index (Phi) is 7.98. The molecule has 4 aromatic rings. The van der Waals surface area contributed by atoms with Gasteiger partial charge >= 0.3 is 18.0 Å². The van der Waals surface area contributed by atoms with Gasteiger partial charge in [-0.2, -0.15) is 31.3 Å². The van der Waals surface area contributed by atoms with E-state index in [0.717, 1.165) is 29.2 Å². The summed E-state index contributed by atoms with van der Waals surface area (Å²) in [6, 6.07) is 3.00. The highest BCUT2D eigenvalue weighted by Gasteiger charge is 2.49. The zero-order valence-electron chi connectivity index (χ0n) is 26.2. The Morgan fingerprint density at radius 3 is 2.43 bits per heavy atom. The number of likely N-dealkylation sites (tertiary alicyclic amines) is 1. The van der Waals surface area contributed by atoms with Crippen molar-refractivity contribution in [3.8, 4) is 11.1 Å². The Hall–Kier alpha value is -3.83. The molecule has 1 amide bonds. The molecular weight excluding hydrogens is 695 g/mol. The second-order valence-electron chi connectivity index (χ2n) is 13.1. The maximum Gasteiger partial charge on any atom is 0.417 e. The lowest BCUT2D eigenvalue weighted by Crippen LogP contribution is -2.61. The molecular formula is C32H30F6N6O3S2. The van der Waals surface area contributed by atoms with Crippen LogP contribution in [-0.2, 0) is 17.5 Å². The van der Waals surface area contributed by atoms with E-state index in [-0.39, 0.29) is 82.6 Å². The molecule has 1 aromatic carbocycles. The van der Waals surface area contributed by atoms with Crippen LogP contribution in [0.5, 0.6) is 0 Å². The Labute approximate surface area is 283 Å². The summed E-state index contributed by atoms with van der Waals surface area (Å²) in [5.41, 5.74) is -2.73. The number of benzene rings is 1. The van der Waals surface area contributed by atoms with Gasteiger partial charge in [-0.05, 0) is 32.1 Å². The summed E-state index contributed by atoms with van der Waals surface area (Å²) in [6.45, 7) is 6.30. The number of carbonyl (C=O) groups excluding carboxylic acids is 1. The van der Waals surface area contributed by atoms with Crippen LogP contribution in [0.25, 0.3) is 32.2 Å². The van der Waals surface area contributed by atoms with Crippen molar-refractivity contribution in [1.82, 2.24) is 24.3 Å². The molecule has 1 N–H and O–H groups in total. The molecule has 3 aliphatic rings. The van der Waals surface area contributed by atoms with Crippen LogP contribution in [0.3, 0.4) is 0 Å². The molecule has 0 aliphatic carbocycles. The first-order valence-corrected chi connectivity index (χ1v) is 17.3. The van der Waals surface area contributed by atoms with Crippen LogP contribution in [0.1, 0.15) is 19.4 Å². The van der Waals surface area contributed by atoms with E-state index in [1.807, 2.05) is 0 Å². The molecule has 0 radical (unpaired) electrons. The topological polar surface area (TPSA) is 94.5 Å². The van der Waals surface area contributed by atoms with Gasteiger partial charge < -0.3 is 14.8 Å². The van der Waals surface area contributed by atoms with E-state index in [1.165, 1.54) is 33.1 Å². The number of nitrogens with zero attached hydrogens (tertiary/aromatic N) is 5. The van der Waals surface area contributed by atoms with Crippen molar-refractivity contribution < 1.29 is 31.1 Å². The lowest BCUT2D eigenvalue weighted by atomic mass is 9.81. The molecule has 2 fully saturated rings. The summed E-state index contributed by atoms with van der Waals surface area (Å²) in [5, 5.41) is 1.60. The molecule has 17 heteroatoms. The summed E-state index contributed by atoms with van der Waals surface area (Å²) >= 11 is 2.24. The maximum atomic E-state index is 15.2. The monoisotopic (exact) mass is 724 g/mol. The molecule has 9 nitrogen and oxygen atoms in total. The number of anilines is 1. The SMILES string of the molecule is C=CC(=O)N1[C@H](C)CN(c2nc(=O)n3c4c(c(-c5csc6ccc(=O)[nH]c56)c(C(F)(F)F)cc24)SCC2(CN(CC(F)(F)F)C2)C3)C[C@@H]1C. The van der Waals surface area contributed by atoms with Crippen LogP contribution in [-0.4, -0.2) is 87.0 Å². The zero-order chi connectivity index (χ0) is 35.2. The third-order valence-corrected chi connectivity index (χ3v) is 11.8. The van der Waals surface area contributed by atoms with Gasteiger partial charge in [0.15, 0.2) is 0 Å². The predicted molar refractivity (Wildman–Crippen MR) is 176 cm³/mol. The molecule has 1 spiro atoms. The molecule has 260 valence electrons. The van der Waals surface area contributed by atoms with E-state index < -0.39 is 53.2 Å². The average molecular weight is 725 g/mol. The summed E-state index contributed by atoms with van der Waals surface area (Å²) in [7, 11) is 0. The van der Waals surface area contributed by atoms with Gasteiger partial charge in [-0.1, -0.05) is 6.58 Å². The quantitative estimate of drug-likeness (QED) is 0.218. The minimum absolute atomic E-state index is 0.00628. The lowest BCUT2D eigenvalue weighted by molar-refractivity contribution is -0.168. The minimum Gasteiger partial charge on any atom is -0.352 e. The number of hydrogen-bond acceptors (Lipinski definition) is 8. The molecule has 0 unspecified atom stereocenters. The number of aromatic nitrogens is 3. The lowest BCUT2D eigenvalue weighted by Gasteiger charge is -2.50. The number of aromatic amines is 1. The number of halogens is 6. The molecule has 2 atom stereocenters. The highest BCUT2D eigenvalue weighted by molar-refractivity contribution is 7.99. The normalized spacial score (nSPS) is 21.3. The second-order valence-corrected chi connectivity index (χ2v) is 15.0. The molecule has 49 heavy (non-hydrogen) atoms. The van der Waals surface area contributed by atoms with Crippen LogP contribution in [0.4, 0.5) is 32.2 Å². The van der Waals surface area contributed by atoms with E-state index in [4.69, 9.17) is 0 Å². The number of hydrogen-bond donors (Lipinski definition) is 1. The standard InChI is InChI=1S/C32H30F6N6O3S2/c1-4-23(46)44-16(2)8-42(9-17(44)3)28-18-7-20(32(36,37)38)24(19-10-48-21-5-6-22(45)39-25(19)21)27-26(18)43(29(47)40-28)13-30(15-49-27)11-41(12-30)14-31(33,34)35/h4-7,10,16-17H,1,8-9,11-15H2,2-3H3,(H,39,45)/t16-,17+. The number of piperazine rings is 1. The Balaban J connectivity index is 1.47. The number of fused-ring (bicyclic) bond motifs is 1. The number of pyridine rings is 1. The Morgan fingerprint density at radius 1 is 1.10 bits per heavy atom. The smallest absolute Gasteiger partial charge is 0.352 e. The van der Waals surface area contributed by atoms with Crippen molar-refractivity contribution in [2.45, 2.75) is 49.7 Å². The van der Waals surface area contributed by atoms with Gasteiger partial charge in [0.2, 0.25) is 11.5 Å². The summed E-state index contributed by atoms with van der Waals surface area (Å²) in [4.78, 5) is 50.6. The van der Waals surface area contributed by atoms with Crippen LogP contribution in [0, 0.1) is 5.41 Å². The summed E-state index contributed by atoms with van der Waals surface area (Å²) in [5.74, 6) is -0.116. The molecule has 7 rings (SSSR count). The van der Waals surface area contributed by atoms with Crippen molar-refractivity contribution in [2.24, 2.45) is 5.41 Å². The van der Waals surface area contributed by atoms with Gasteiger partial charge in [-0.3, -0.25) is 19.1 Å². The number of amides is 1.